The van der Waals surface area contributed by atoms with Crippen LogP contribution < -0.4 is 5.32 Å². The first-order valence-electron chi connectivity index (χ1n) is 5.16. The maximum Gasteiger partial charge on any atom is 0.252 e. The molecule has 0 spiro atoms. The molecule has 4 heteroatoms. The topological polar surface area (TPSA) is 29.1 Å². The summed E-state index contributed by atoms with van der Waals surface area (Å²) in [7, 11) is 0. The molecule has 88 valence electrons. The van der Waals surface area contributed by atoms with Crippen molar-refractivity contribution in [1.29, 1.82) is 0 Å². The first-order chi connectivity index (χ1) is 7.69. The highest BCUT2D eigenvalue weighted by atomic mass is 35.5. The highest BCUT2D eigenvalue weighted by Crippen LogP contribution is 2.19. The highest BCUT2D eigenvalue weighted by Gasteiger charge is 2.10. The zero-order valence-electron chi connectivity index (χ0n) is 9.50. The van der Waals surface area contributed by atoms with Crippen LogP contribution in [0, 0.1) is 5.92 Å². The molecule has 0 radical (unpaired) electrons. The minimum absolute atomic E-state index is 0.0260. The van der Waals surface area contributed by atoms with Crippen LogP contribution in [0.2, 0.25) is 0 Å². The van der Waals surface area contributed by atoms with Gasteiger partial charge in [-0.15, -0.1) is 23.4 Å². The Morgan fingerprint density at radius 3 is 2.81 bits per heavy atom. The summed E-state index contributed by atoms with van der Waals surface area (Å²) in [6, 6.07) is 7.60. The minimum Gasteiger partial charge on any atom is -0.352 e. The number of nitrogens with one attached hydrogen (secondary N) is 1. The van der Waals surface area contributed by atoms with Crippen LogP contribution in [0.5, 0.6) is 0 Å². The molecular formula is C12H16ClNOS. The van der Waals surface area contributed by atoms with Crippen LogP contribution in [0.3, 0.4) is 0 Å². The molecule has 0 aromatic heterocycles. The normalized spacial score (nSPS) is 12.2. The van der Waals surface area contributed by atoms with Crippen molar-refractivity contribution in [2.45, 2.75) is 11.8 Å². The lowest BCUT2D eigenvalue weighted by molar-refractivity contribution is 0.0946. The van der Waals surface area contributed by atoms with Crippen LogP contribution in [0.15, 0.2) is 29.2 Å². The second kappa shape index (κ2) is 6.81. The molecule has 1 aromatic carbocycles. The predicted octanol–water partition coefficient (Wildman–Crippen LogP) is 3.01. The quantitative estimate of drug-likeness (QED) is 0.649. The lowest BCUT2D eigenvalue weighted by atomic mass is 10.2. The zero-order valence-corrected chi connectivity index (χ0v) is 11.1. The van der Waals surface area contributed by atoms with Crippen molar-refractivity contribution >= 4 is 29.3 Å². The summed E-state index contributed by atoms with van der Waals surface area (Å²) in [4.78, 5) is 12.9. The Labute approximate surface area is 106 Å². The molecule has 0 bridgehead atoms. The van der Waals surface area contributed by atoms with E-state index in [1.807, 2.05) is 37.4 Å². The number of rotatable bonds is 5. The van der Waals surface area contributed by atoms with Crippen molar-refractivity contribution in [1.82, 2.24) is 5.32 Å². The van der Waals surface area contributed by atoms with Gasteiger partial charge in [-0.25, -0.2) is 0 Å². The van der Waals surface area contributed by atoms with Crippen molar-refractivity contribution in [2.24, 2.45) is 5.92 Å². The zero-order chi connectivity index (χ0) is 12.0. The number of carbonyl (C=O) groups is 1. The van der Waals surface area contributed by atoms with Gasteiger partial charge in [0.1, 0.15) is 0 Å². The molecule has 16 heavy (non-hydrogen) atoms. The Balaban J connectivity index is 2.65. The average molecular weight is 258 g/mol. The van der Waals surface area contributed by atoms with Gasteiger partial charge in [-0.05, 0) is 24.3 Å². The number of amides is 1. The van der Waals surface area contributed by atoms with E-state index in [9.17, 15) is 4.79 Å². The van der Waals surface area contributed by atoms with E-state index in [0.29, 0.717) is 18.3 Å². The second-order valence-corrected chi connectivity index (χ2v) is 4.83. The third-order valence-corrected chi connectivity index (χ3v) is 3.55. The molecule has 0 saturated carbocycles. The molecule has 1 amide bonds. The monoisotopic (exact) mass is 257 g/mol. The van der Waals surface area contributed by atoms with Gasteiger partial charge in [-0.1, -0.05) is 19.1 Å². The summed E-state index contributed by atoms with van der Waals surface area (Å²) < 4.78 is 0. The molecule has 1 atom stereocenters. The van der Waals surface area contributed by atoms with Crippen molar-refractivity contribution in [3.05, 3.63) is 29.8 Å². The lowest BCUT2D eigenvalue weighted by Gasteiger charge is -2.11. The van der Waals surface area contributed by atoms with E-state index in [-0.39, 0.29) is 5.91 Å². The van der Waals surface area contributed by atoms with E-state index in [2.05, 4.69) is 5.32 Å². The van der Waals surface area contributed by atoms with Gasteiger partial charge in [-0.3, -0.25) is 4.79 Å². The number of hydrogen-bond acceptors (Lipinski definition) is 2. The molecule has 1 rings (SSSR count). The first-order valence-corrected chi connectivity index (χ1v) is 6.92. The molecule has 0 fully saturated rings. The van der Waals surface area contributed by atoms with E-state index in [0.717, 1.165) is 10.5 Å². The summed E-state index contributed by atoms with van der Waals surface area (Å²) in [5, 5.41) is 2.89. The number of carbonyl (C=O) groups excluding carboxylic acids is 1. The fraction of sp³-hybridized carbons (Fsp3) is 0.417. The molecule has 0 aliphatic heterocycles. The maximum atomic E-state index is 11.9. The van der Waals surface area contributed by atoms with Crippen molar-refractivity contribution < 1.29 is 4.79 Å². The van der Waals surface area contributed by atoms with Gasteiger partial charge in [0, 0.05) is 17.3 Å². The Morgan fingerprint density at radius 1 is 1.50 bits per heavy atom. The van der Waals surface area contributed by atoms with Gasteiger partial charge in [0.2, 0.25) is 0 Å². The van der Waals surface area contributed by atoms with Crippen LogP contribution in [-0.4, -0.2) is 24.6 Å². The summed E-state index contributed by atoms with van der Waals surface area (Å²) in [5.41, 5.74) is 0.733. The molecule has 0 aliphatic rings. The smallest absolute Gasteiger partial charge is 0.252 e. The fourth-order valence-corrected chi connectivity index (χ4v) is 1.95. The fourth-order valence-electron chi connectivity index (χ4n) is 1.25. The molecule has 0 saturated heterocycles. The van der Waals surface area contributed by atoms with Gasteiger partial charge in [0.25, 0.3) is 5.91 Å². The number of benzene rings is 1. The average Bonchev–Trinajstić information content (AvgIpc) is 2.35. The Morgan fingerprint density at radius 2 is 2.19 bits per heavy atom. The molecule has 2 nitrogen and oxygen atoms in total. The summed E-state index contributed by atoms with van der Waals surface area (Å²) in [6.07, 6.45) is 1.97. The van der Waals surface area contributed by atoms with E-state index < -0.39 is 0 Å². The van der Waals surface area contributed by atoms with E-state index in [1.165, 1.54) is 0 Å². The Hall–Kier alpha value is -0.670. The van der Waals surface area contributed by atoms with Gasteiger partial charge >= 0.3 is 0 Å². The van der Waals surface area contributed by atoms with E-state index in [1.54, 1.807) is 11.8 Å². The third kappa shape index (κ3) is 3.72. The van der Waals surface area contributed by atoms with Crippen LogP contribution in [0.4, 0.5) is 0 Å². The second-order valence-electron chi connectivity index (χ2n) is 3.67. The molecule has 0 heterocycles. The maximum absolute atomic E-state index is 11.9. The molecule has 0 aliphatic carbocycles. The van der Waals surface area contributed by atoms with Crippen molar-refractivity contribution in [3.63, 3.8) is 0 Å². The van der Waals surface area contributed by atoms with Gasteiger partial charge in [0.05, 0.1) is 5.56 Å². The summed E-state index contributed by atoms with van der Waals surface area (Å²) in [5.74, 6) is 0.832. The molecule has 1 unspecified atom stereocenters. The van der Waals surface area contributed by atoms with E-state index in [4.69, 9.17) is 11.6 Å². The number of halogens is 1. The van der Waals surface area contributed by atoms with Crippen LogP contribution in [0.25, 0.3) is 0 Å². The number of thioether (sulfide) groups is 1. The predicted molar refractivity (Wildman–Crippen MR) is 70.4 cm³/mol. The molecule has 1 N–H and O–H groups in total. The summed E-state index contributed by atoms with van der Waals surface area (Å²) >= 11 is 7.26. The van der Waals surface area contributed by atoms with Gasteiger partial charge in [0.15, 0.2) is 0 Å². The minimum atomic E-state index is -0.0260. The van der Waals surface area contributed by atoms with Gasteiger partial charge in [-0.2, -0.15) is 0 Å². The Kier molecular flexibility index (Phi) is 5.71. The van der Waals surface area contributed by atoms with Gasteiger partial charge < -0.3 is 5.32 Å². The lowest BCUT2D eigenvalue weighted by Crippen LogP contribution is -2.29. The van der Waals surface area contributed by atoms with Crippen molar-refractivity contribution in [2.75, 3.05) is 18.7 Å². The SMILES string of the molecule is CSc1ccccc1C(=O)NCC(C)CCl. The molecule has 1 aromatic rings. The van der Waals surface area contributed by atoms with Crippen LogP contribution in [0.1, 0.15) is 17.3 Å². The standard InChI is InChI=1S/C12H16ClNOS/c1-9(7-13)8-14-12(15)10-5-3-4-6-11(10)16-2/h3-6,9H,7-8H2,1-2H3,(H,14,15). The first kappa shape index (κ1) is 13.4. The number of alkyl halides is 1. The Bertz CT molecular complexity index is 357. The highest BCUT2D eigenvalue weighted by molar-refractivity contribution is 7.98. The number of hydrogen-bond donors (Lipinski definition) is 1. The third-order valence-electron chi connectivity index (χ3n) is 2.23. The molecular weight excluding hydrogens is 242 g/mol. The summed E-state index contributed by atoms with van der Waals surface area (Å²) in [6.45, 7) is 2.62. The van der Waals surface area contributed by atoms with E-state index >= 15 is 0 Å². The largest absolute Gasteiger partial charge is 0.352 e. The van der Waals surface area contributed by atoms with Crippen LogP contribution in [-0.2, 0) is 0 Å². The van der Waals surface area contributed by atoms with Crippen LogP contribution >= 0.6 is 23.4 Å². The van der Waals surface area contributed by atoms with Crippen molar-refractivity contribution in [3.8, 4) is 0 Å².